The van der Waals surface area contributed by atoms with Crippen LogP contribution < -0.4 is 0 Å². The monoisotopic (exact) mass is 278 g/mol. The molecule has 0 saturated heterocycles. The summed E-state index contributed by atoms with van der Waals surface area (Å²) in [6.45, 7) is 0. The molecule has 12 heteroatoms. The Bertz CT molecular complexity index is 286. The minimum atomic E-state index is -6.29. The van der Waals surface area contributed by atoms with Crippen LogP contribution in [-0.2, 0) is 14.3 Å². The molecular weight excluding hydrogens is 276 g/mol. The molecule has 17 heavy (non-hydrogen) atoms. The zero-order valence-corrected chi connectivity index (χ0v) is 7.27. The van der Waals surface area contributed by atoms with Crippen molar-refractivity contribution in [2.45, 2.75) is 24.9 Å². The van der Waals surface area contributed by atoms with Crippen molar-refractivity contribution in [3.8, 4) is 0 Å². The highest BCUT2D eigenvalue weighted by molar-refractivity contribution is 5.70. The van der Waals surface area contributed by atoms with E-state index in [-0.39, 0.29) is 0 Å². The number of halogens is 8. The number of carboxylic acids is 1. The molecule has 0 radical (unpaired) electrons. The van der Waals surface area contributed by atoms with Gasteiger partial charge < -0.3 is 5.11 Å². The largest absolute Gasteiger partial charge is 0.527 e. The van der Waals surface area contributed by atoms with E-state index in [1.807, 2.05) is 0 Å². The molecule has 1 atom stereocenters. The molecule has 0 saturated carbocycles. The van der Waals surface area contributed by atoms with Gasteiger partial charge in [-0.3, -0.25) is 4.74 Å². The number of carbonyl (C=O) groups is 1. The molecule has 0 spiro atoms. The quantitative estimate of drug-likeness (QED) is 0.782. The van der Waals surface area contributed by atoms with Gasteiger partial charge in [0.25, 0.3) is 0 Å². The van der Waals surface area contributed by atoms with Crippen molar-refractivity contribution in [1.29, 1.82) is 0 Å². The molecule has 4 nitrogen and oxygen atoms in total. The number of ether oxygens (including phenoxy) is 2. The van der Waals surface area contributed by atoms with Crippen molar-refractivity contribution >= 4 is 5.97 Å². The molecule has 0 aromatic heterocycles. The van der Waals surface area contributed by atoms with Crippen LogP contribution in [0.4, 0.5) is 35.1 Å². The molecule has 0 aliphatic rings. The van der Waals surface area contributed by atoms with Crippen molar-refractivity contribution in [3.05, 3.63) is 0 Å². The zero-order chi connectivity index (χ0) is 14.1. The van der Waals surface area contributed by atoms with Crippen LogP contribution in [0.1, 0.15) is 0 Å². The molecular formula is C5H2F8O4. The summed E-state index contributed by atoms with van der Waals surface area (Å²) in [7, 11) is 0. The Morgan fingerprint density at radius 2 is 1.41 bits per heavy atom. The van der Waals surface area contributed by atoms with Gasteiger partial charge >= 0.3 is 30.9 Å². The lowest BCUT2D eigenvalue weighted by Gasteiger charge is -2.26. The number of carboxylic acid groups (broad SMARTS) is 1. The maximum atomic E-state index is 12.2. The Balaban J connectivity index is 4.84. The van der Waals surface area contributed by atoms with Crippen molar-refractivity contribution in [2.75, 3.05) is 0 Å². The second kappa shape index (κ2) is 4.60. The van der Waals surface area contributed by atoms with Gasteiger partial charge in [0, 0.05) is 0 Å². The van der Waals surface area contributed by atoms with Crippen LogP contribution in [0.25, 0.3) is 0 Å². The van der Waals surface area contributed by atoms with Crippen LogP contribution in [0.2, 0.25) is 0 Å². The van der Waals surface area contributed by atoms with E-state index in [9.17, 15) is 39.9 Å². The number of rotatable bonds is 5. The third-order valence-electron chi connectivity index (χ3n) is 1.03. The van der Waals surface area contributed by atoms with Crippen molar-refractivity contribution in [2.24, 2.45) is 0 Å². The fraction of sp³-hybridized carbons (Fsp3) is 0.800. The van der Waals surface area contributed by atoms with Crippen molar-refractivity contribution in [1.82, 2.24) is 0 Å². The van der Waals surface area contributed by atoms with Crippen LogP contribution in [0, 0.1) is 0 Å². The number of aliphatic carboxylic acids is 1. The Kier molecular flexibility index (Phi) is 4.28. The Morgan fingerprint density at radius 3 is 1.71 bits per heavy atom. The lowest BCUT2D eigenvalue weighted by atomic mass is 10.5. The van der Waals surface area contributed by atoms with Gasteiger partial charge in [0.2, 0.25) is 0 Å². The molecule has 102 valence electrons. The molecule has 0 amide bonds. The average molecular weight is 278 g/mol. The summed E-state index contributed by atoms with van der Waals surface area (Å²) in [6.07, 6.45) is -22.5. The predicted octanol–water partition coefficient (Wildman–Crippen LogP) is 2.11. The van der Waals surface area contributed by atoms with E-state index >= 15 is 0 Å². The summed E-state index contributed by atoms with van der Waals surface area (Å²) in [5.74, 6) is -2.73. The van der Waals surface area contributed by atoms with Gasteiger partial charge in [0.05, 0.1) is 0 Å². The highest BCUT2D eigenvalue weighted by atomic mass is 19.4. The third kappa shape index (κ3) is 4.68. The lowest BCUT2D eigenvalue weighted by Crippen LogP contribution is -2.50. The molecule has 1 N–H and O–H groups in total. The molecule has 0 fully saturated rings. The summed E-state index contributed by atoms with van der Waals surface area (Å²) in [6, 6.07) is 0. The van der Waals surface area contributed by atoms with Gasteiger partial charge in [0.1, 0.15) is 0 Å². The van der Waals surface area contributed by atoms with Crippen LogP contribution in [0.15, 0.2) is 0 Å². The molecule has 0 aromatic carbocycles. The van der Waals surface area contributed by atoms with Crippen LogP contribution in [0.5, 0.6) is 0 Å². The van der Waals surface area contributed by atoms with Gasteiger partial charge in [0.15, 0.2) is 0 Å². The van der Waals surface area contributed by atoms with Crippen molar-refractivity contribution in [3.63, 3.8) is 0 Å². The van der Waals surface area contributed by atoms with Crippen LogP contribution in [0.3, 0.4) is 0 Å². The van der Waals surface area contributed by atoms with E-state index in [0.29, 0.717) is 0 Å². The summed E-state index contributed by atoms with van der Waals surface area (Å²) in [4.78, 5) is 9.65. The highest BCUT2D eigenvalue weighted by Gasteiger charge is 2.66. The van der Waals surface area contributed by atoms with Gasteiger partial charge in [-0.1, -0.05) is 0 Å². The number of alkyl halides is 8. The van der Waals surface area contributed by atoms with E-state index in [0.717, 1.165) is 0 Å². The van der Waals surface area contributed by atoms with Gasteiger partial charge in [-0.15, -0.1) is 13.2 Å². The minimum absolute atomic E-state index is 1.70. The summed E-state index contributed by atoms with van der Waals surface area (Å²) >= 11 is 0. The lowest BCUT2D eigenvalue weighted by molar-refractivity contribution is -0.510. The second-order valence-electron chi connectivity index (χ2n) is 2.35. The fourth-order valence-corrected chi connectivity index (χ4v) is 0.454. The van der Waals surface area contributed by atoms with Crippen molar-refractivity contribution < 1.29 is 54.5 Å². The second-order valence-corrected chi connectivity index (χ2v) is 2.35. The zero-order valence-electron chi connectivity index (χ0n) is 7.27. The molecule has 1 unspecified atom stereocenters. The third-order valence-corrected chi connectivity index (χ3v) is 1.03. The Labute approximate surface area is 86.7 Å². The van der Waals surface area contributed by atoms with E-state index in [2.05, 4.69) is 4.74 Å². The average Bonchev–Trinajstić information content (AvgIpc) is 1.97. The first-order chi connectivity index (χ1) is 7.28. The van der Waals surface area contributed by atoms with Crippen LogP contribution in [-0.4, -0.2) is 36.0 Å². The summed E-state index contributed by atoms with van der Waals surface area (Å²) < 4.78 is 98.7. The van der Waals surface area contributed by atoms with Gasteiger partial charge in [-0.25, -0.2) is 13.9 Å². The normalized spacial score (nSPS) is 15.8. The summed E-state index contributed by atoms with van der Waals surface area (Å²) in [5.41, 5.74) is 0. The maximum absolute atomic E-state index is 12.2. The van der Waals surface area contributed by atoms with Gasteiger partial charge in [-0.2, -0.15) is 17.6 Å². The van der Waals surface area contributed by atoms with E-state index in [1.165, 1.54) is 0 Å². The van der Waals surface area contributed by atoms with Gasteiger partial charge in [-0.05, 0) is 0 Å². The first-order valence-electron chi connectivity index (χ1n) is 3.36. The predicted molar refractivity (Wildman–Crippen MR) is 30.7 cm³/mol. The first-order valence-corrected chi connectivity index (χ1v) is 3.36. The van der Waals surface area contributed by atoms with E-state index in [4.69, 9.17) is 5.11 Å². The van der Waals surface area contributed by atoms with Crippen LogP contribution >= 0.6 is 0 Å². The first kappa shape index (κ1) is 15.8. The fourth-order valence-electron chi connectivity index (χ4n) is 0.454. The minimum Gasteiger partial charge on any atom is -0.477 e. The van der Waals surface area contributed by atoms with E-state index < -0.39 is 30.9 Å². The Hall–Kier alpha value is -1.17. The highest BCUT2D eigenvalue weighted by Crippen LogP contribution is 2.41. The summed E-state index contributed by atoms with van der Waals surface area (Å²) in [5, 5.41) is 7.70. The SMILES string of the molecule is O=C(O)C(F)OC(F)(F)C(F)(F)OC(F)(F)F. The topological polar surface area (TPSA) is 55.8 Å². The molecule has 0 bridgehead atoms. The molecule has 0 aliphatic carbocycles. The molecule has 0 aliphatic heterocycles. The smallest absolute Gasteiger partial charge is 0.477 e. The molecule has 0 aromatic rings. The molecule has 0 heterocycles. The van der Waals surface area contributed by atoms with E-state index in [1.54, 1.807) is 4.74 Å². The maximum Gasteiger partial charge on any atom is 0.527 e. The molecule has 0 rings (SSSR count). The number of hydrogen-bond acceptors (Lipinski definition) is 3. The standard InChI is InChI=1S/C5H2F8O4/c6-1(2(14)15)16-3(7,8)4(9,10)17-5(11,12)13/h1H,(H,14,15). The number of hydrogen-bond donors (Lipinski definition) is 1. The Morgan fingerprint density at radius 1 is 1.00 bits per heavy atom.